The van der Waals surface area contributed by atoms with Gasteiger partial charge in [-0.1, -0.05) is 29.8 Å². The molecule has 5 heteroatoms. The Morgan fingerprint density at radius 1 is 1.09 bits per heavy atom. The van der Waals surface area contributed by atoms with Crippen molar-refractivity contribution in [2.45, 2.75) is 32.9 Å². The lowest BCUT2D eigenvalue weighted by molar-refractivity contribution is 0.0636. The summed E-state index contributed by atoms with van der Waals surface area (Å²) >= 11 is 5.87. The molecule has 0 aliphatic heterocycles. The summed E-state index contributed by atoms with van der Waals surface area (Å²) in [6.45, 7) is 6.16. The summed E-state index contributed by atoms with van der Waals surface area (Å²) in [6, 6.07) is 15.2. The van der Waals surface area contributed by atoms with Crippen LogP contribution < -0.4 is 10.6 Å². The fraction of sp³-hybridized carbons (Fsp3) is 0.278. The zero-order valence-electron chi connectivity index (χ0n) is 13.5. The topological polar surface area (TPSA) is 50.4 Å². The normalized spacial score (nSPS) is 11.0. The molecule has 0 aromatic heterocycles. The Morgan fingerprint density at radius 3 is 2.39 bits per heavy atom. The Kier molecular flexibility index (Phi) is 5.50. The summed E-state index contributed by atoms with van der Waals surface area (Å²) in [4.78, 5) is 11.8. The van der Waals surface area contributed by atoms with Crippen molar-refractivity contribution < 1.29 is 9.53 Å². The maximum atomic E-state index is 11.8. The van der Waals surface area contributed by atoms with Crippen LogP contribution in [0.3, 0.4) is 0 Å². The molecular weight excluding hydrogens is 312 g/mol. The predicted octanol–water partition coefficient (Wildman–Crippen LogP) is 5.30. The standard InChI is InChI=1S/C18H21ClN2O2/c1-18(2,3)23-17(22)21-16-6-4-5-15(11-16)20-12-13-7-9-14(19)10-8-13/h4-11,20H,12H2,1-3H3,(H,21,22). The lowest BCUT2D eigenvalue weighted by Gasteiger charge is -2.19. The van der Waals surface area contributed by atoms with Gasteiger partial charge in [0.15, 0.2) is 0 Å². The van der Waals surface area contributed by atoms with Crippen LogP contribution in [0, 0.1) is 0 Å². The molecule has 0 fully saturated rings. The molecule has 0 aliphatic carbocycles. The maximum absolute atomic E-state index is 11.8. The zero-order valence-corrected chi connectivity index (χ0v) is 14.3. The molecule has 2 aromatic carbocycles. The van der Waals surface area contributed by atoms with Crippen molar-refractivity contribution in [2.75, 3.05) is 10.6 Å². The molecule has 2 rings (SSSR count). The number of anilines is 2. The van der Waals surface area contributed by atoms with Gasteiger partial charge in [-0.3, -0.25) is 5.32 Å². The molecular formula is C18H21ClN2O2. The van der Waals surface area contributed by atoms with Crippen molar-refractivity contribution in [1.82, 2.24) is 0 Å². The Balaban J connectivity index is 1.94. The highest BCUT2D eigenvalue weighted by atomic mass is 35.5. The highest BCUT2D eigenvalue weighted by molar-refractivity contribution is 6.30. The third kappa shape index (κ3) is 6.20. The number of halogens is 1. The number of nitrogens with one attached hydrogen (secondary N) is 2. The summed E-state index contributed by atoms with van der Waals surface area (Å²) in [5, 5.41) is 6.75. The number of benzene rings is 2. The number of hydrogen-bond donors (Lipinski definition) is 2. The van der Waals surface area contributed by atoms with Crippen molar-refractivity contribution in [3.05, 3.63) is 59.1 Å². The monoisotopic (exact) mass is 332 g/mol. The van der Waals surface area contributed by atoms with E-state index >= 15 is 0 Å². The average Bonchev–Trinajstić information content (AvgIpc) is 2.45. The lowest BCUT2D eigenvalue weighted by Crippen LogP contribution is -2.27. The lowest BCUT2D eigenvalue weighted by atomic mass is 10.2. The van der Waals surface area contributed by atoms with Crippen molar-refractivity contribution in [1.29, 1.82) is 0 Å². The molecule has 0 spiro atoms. The van der Waals surface area contributed by atoms with E-state index in [2.05, 4.69) is 10.6 Å². The average molecular weight is 333 g/mol. The minimum Gasteiger partial charge on any atom is -0.444 e. The van der Waals surface area contributed by atoms with Crippen molar-refractivity contribution in [3.8, 4) is 0 Å². The fourth-order valence-electron chi connectivity index (χ4n) is 1.93. The number of rotatable bonds is 4. The number of amides is 1. The molecule has 122 valence electrons. The van der Waals surface area contributed by atoms with E-state index in [4.69, 9.17) is 16.3 Å². The zero-order chi connectivity index (χ0) is 16.9. The smallest absolute Gasteiger partial charge is 0.412 e. The minimum atomic E-state index is -0.519. The fourth-order valence-corrected chi connectivity index (χ4v) is 2.06. The molecule has 0 saturated heterocycles. The van der Waals surface area contributed by atoms with Crippen molar-refractivity contribution in [3.63, 3.8) is 0 Å². The van der Waals surface area contributed by atoms with Crippen LogP contribution in [0.4, 0.5) is 16.2 Å². The molecule has 0 bridgehead atoms. The molecule has 23 heavy (non-hydrogen) atoms. The third-order valence-electron chi connectivity index (χ3n) is 2.92. The number of carbonyl (C=O) groups excluding carboxylic acids is 1. The van der Waals surface area contributed by atoms with E-state index in [9.17, 15) is 4.79 Å². The molecule has 1 amide bonds. The van der Waals surface area contributed by atoms with Gasteiger partial charge in [0.1, 0.15) is 5.60 Å². The first kappa shape index (κ1) is 17.2. The van der Waals surface area contributed by atoms with E-state index in [-0.39, 0.29) is 0 Å². The van der Waals surface area contributed by atoms with Crippen LogP contribution in [-0.4, -0.2) is 11.7 Å². The summed E-state index contributed by atoms with van der Waals surface area (Å²) in [7, 11) is 0. The van der Waals surface area contributed by atoms with E-state index in [1.54, 1.807) is 0 Å². The van der Waals surface area contributed by atoms with Crippen LogP contribution in [0.15, 0.2) is 48.5 Å². The molecule has 2 aromatic rings. The van der Waals surface area contributed by atoms with Gasteiger partial charge in [0.05, 0.1) is 0 Å². The summed E-state index contributed by atoms with van der Waals surface area (Å²) in [5.41, 5.74) is 2.20. The van der Waals surface area contributed by atoms with Crippen LogP contribution in [0.2, 0.25) is 5.02 Å². The highest BCUT2D eigenvalue weighted by Gasteiger charge is 2.16. The van der Waals surface area contributed by atoms with E-state index in [1.807, 2.05) is 69.3 Å². The highest BCUT2D eigenvalue weighted by Crippen LogP contribution is 2.18. The molecule has 0 heterocycles. The predicted molar refractivity (Wildman–Crippen MR) is 95.1 cm³/mol. The second-order valence-electron chi connectivity index (χ2n) is 6.19. The van der Waals surface area contributed by atoms with Crippen LogP contribution >= 0.6 is 11.6 Å². The molecule has 0 saturated carbocycles. The summed E-state index contributed by atoms with van der Waals surface area (Å²) in [5.74, 6) is 0. The number of ether oxygens (including phenoxy) is 1. The van der Waals surface area contributed by atoms with Gasteiger partial charge >= 0.3 is 6.09 Å². The Morgan fingerprint density at radius 2 is 1.74 bits per heavy atom. The molecule has 4 nitrogen and oxygen atoms in total. The van der Waals surface area contributed by atoms with Gasteiger partial charge in [0.25, 0.3) is 0 Å². The SMILES string of the molecule is CC(C)(C)OC(=O)Nc1cccc(NCc2ccc(Cl)cc2)c1. The number of carbonyl (C=O) groups is 1. The van der Waals surface area contributed by atoms with Crippen LogP contribution in [-0.2, 0) is 11.3 Å². The first-order valence-corrected chi connectivity index (χ1v) is 7.78. The quantitative estimate of drug-likeness (QED) is 0.798. The minimum absolute atomic E-state index is 0.465. The van der Waals surface area contributed by atoms with E-state index in [0.717, 1.165) is 16.3 Å². The van der Waals surface area contributed by atoms with Gasteiger partial charge in [-0.15, -0.1) is 0 Å². The summed E-state index contributed by atoms with van der Waals surface area (Å²) < 4.78 is 5.24. The van der Waals surface area contributed by atoms with E-state index in [1.165, 1.54) is 0 Å². The molecule has 0 radical (unpaired) electrons. The van der Waals surface area contributed by atoms with Crippen molar-refractivity contribution >= 4 is 29.1 Å². The van der Waals surface area contributed by atoms with Gasteiger partial charge in [0, 0.05) is 22.9 Å². The Labute approximate surface area is 141 Å². The molecule has 0 unspecified atom stereocenters. The molecule has 0 atom stereocenters. The van der Waals surface area contributed by atoms with Crippen LogP contribution in [0.1, 0.15) is 26.3 Å². The van der Waals surface area contributed by atoms with Gasteiger partial charge in [0.2, 0.25) is 0 Å². The van der Waals surface area contributed by atoms with Crippen LogP contribution in [0.25, 0.3) is 0 Å². The number of hydrogen-bond acceptors (Lipinski definition) is 3. The van der Waals surface area contributed by atoms with E-state index < -0.39 is 11.7 Å². The first-order chi connectivity index (χ1) is 10.8. The van der Waals surface area contributed by atoms with Gasteiger partial charge in [-0.05, 0) is 56.7 Å². The van der Waals surface area contributed by atoms with Crippen LogP contribution in [0.5, 0.6) is 0 Å². The largest absolute Gasteiger partial charge is 0.444 e. The summed E-state index contributed by atoms with van der Waals surface area (Å²) in [6.07, 6.45) is -0.465. The first-order valence-electron chi connectivity index (χ1n) is 7.40. The van der Waals surface area contributed by atoms with Gasteiger partial charge < -0.3 is 10.1 Å². The van der Waals surface area contributed by atoms with Crippen molar-refractivity contribution in [2.24, 2.45) is 0 Å². The Hall–Kier alpha value is -2.20. The van der Waals surface area contributed by atoms with Gasteiger partial charge in [-0.25, -0.2) is 4.79 Å². The Bertz CT molecular complexity index is 663. The maximum Gasteiger partial charge on any atom is 0.412 e. The van der Waals surface area contributed by atoms with Gasteiger partial charge in [-0.2, -0.15) is 0 Å². The molecule has 2 N–H and O–H groups in total. The third-order valence-corrected chi connectivity index (χ3v) is 3.17. The van der Waals surface area contributed by atoms with E-state index in [0.29, 0.717) is 12.2 Å². The second kappa shape index (κ2) is 7.38. The second-order valence-corrected chi connectivity index (χ2v) is 6.62. The molecule has 0 aliphatic rings.